The van der Waals surface area contributed by atoms with E-state index >= 15 is 0 Å². The van der Waals surface area contributed by atoms with Crippen LogP contribution in [0.4, 0.5) is 5.69 Å². The average molecular weight is 471 g/mol. The molecule has 0 spiro atoms. The Bertz CT molecular complexity index is 922. The van der Waals surface area contributed by atoms with Crippen molar-refractivity contribution in [2.75, 3.05) is 26.1 Å². The van der Waals surface area contributed by atoms with Crippen LogP contribution in [0.15, 0.2) is 45.8 Å². The highest BCUT2D eigenvalue weighted by molar-refractivity contribution is 9.10. The van der Waals surface area contributed by atoms with Crippen molar-refractivity contribution in [3.8, 4) is 11.5 Å². The Balaban J connectivity index is 2.24. The number of unbranched alkanes of at least 4 members (excludes halogenated alkanes) is 1. The quantitative estimate of drug-likeness (QED) is 0.543. The summed E-state index contributed by atoms with van der Waals surface area (Å²) in [7, 11) is -0.656. The smallest absolute Gasteiger partial charge is 0.255 e. The van der Waals surface area contributed by atoms with Crippen molar-refractivity contribution in [3.05, 3.63) is 46.4 Å². The van der Waals surface area contributed by atoms with E-state index in [1.165, 1.54) is 26.4 Å². The van der Waals surface area contributed by atoms with Crippen LogP contribution < -0.4 is 19.5 Å². The lowest BCUT2D eigenvalue weighted by atomic mass is 10.1. The molecule has 0 aliphatic rings. The molecule has 2 N–H and O–H groups in total. The zero-order chi connectivity index (χ0) is 20.7. The lowest BCUT2D eigenvalue weighted by Gasteiger charge is -2.12. The largest absolute Gasteiger partial charge is 0.495 e. The van der Waals surface area contributed by atoms with Gasteiger partial charge < -0.3 is 14.8 Å². The molecule has 2 rings (SSSR count). The topological polar surface area (TPSA) is 93.7 Å². The molecule has 0 aliphatic carbocycles. The van der Waals surface area contributed by atoms with Gasteiger partial charge in [-0.05, 0) is 52.7 Å². The number of amides is 1. The van der Waals surface area contributed by atoms with Crippen LogP contribution in [0.25, 0.3) is 0 Å². The number of sulfonamides is 1. The molecule has 0 aliphatic heterocycles. The van der Waals surface area contributed by atoms with E-state index in [1.54, 1.807) is 24.3 Å². The number of carbonyl (C=O) groups excluding carboxylic acids is 1. The van der Waals surface area contributed by atoms with Gasteiger partial charge >= 0.3 is 0 Å². The molecular formula is C19H23BrN2O5S. The van der Waals surface area contributed by atoms with E-state index in [0.29, 0.717) is 33.8 Å². The first-order valence-electron chi connectivity index (χ1n) is 8.65. The highest BCUT2D eigenvalue weighted by Crippen LogP contribution is 2.35. The van der Waals surface area contributed by atoms with Crippen molar-refractivity contribution >= 4 is 37.5 Å². The van der Waals surface area contributed by atoms with Gasteiger partial charge in [0.25, 0.3) is 5.91 Å². The molecule has 1 amide bonds. The van der Waals surface area contributed by atoms with Gasteiger partial charge in [0.1, 0.15) is 16.0 Å². The predicted molar refractivity (Wildman–Crippen MR) is 112 cm³/mol. The Hall–Kier alpha value is -2.10. The molecule has 0 saturated heterocycles. The van der Waals surface area contributed by atoms with Gasteiger partial charge in [-0.25, -0.2) is 13.1 Å². The lowest BCUT2D eigenvalue weighted by Crippen LogP contribution is -2.24. The third-order valence-corrected chi connectivity index (χ3v) is 6.17. The van der Waals surface area contributed by atoms with Crippen LogP contribution in [0, 0.1) is 0 Å². The minimum atomic E-state index is -3.63. The molecule has 0 fully saturated rings. The van der Waals surface area contributed by atoms with Gasteiger partial charge in [-0.1, -0.05) is 19.4 Å². The van der Waals surface area contributed by atoms with Gasteiger partial charge in [0.05, 0.1) is 19.1 Å². The van der Waals surface area contributed by atoms with Crippen LogP contribution >= 0.6 is 15.9 Å². The first kappa shape index (κ1) is 22.2. The first-order chi connectivity index (χ1) is 13.3. The Kier molecular flexibility index (Phi) is 7.85. The average Bonchev–Trinajstić information content (AvgIpc) is 2.68. The molecule has 2 aromatic carbocycles. The van der Waals surface area contributed by atoms with Gasteiger partial charge in [0.2, 0.25) is 10.0 Å². The summed E-state index contributed by atoms with van der Waals surface area (Å²) in [6.07, 6.45) is 1.64. The molecule has 0 saturated carbocycles. The SMILES string of the molecule is CCCCNS(=O)(=O)c1cccc(NC(=O)c2cc(OC)c(Br)c(OC)c2)c1. The molecule has 0 aromatic heterocycles. The number of rotatable bonds is 9. The standard InChI is InChI=1S/C19H23BrN2O5S/c1-4-5-9-21-28(24,25)15-8-6-7-14(12-15)22-19(23)13-10-16(26-2)18(20)17(11-13)27-3/h6-8,10-12,21H,4-5,9H2,1-3H3,(H,22,23). The first-order valence-corrected chi connectivity index (χ1v) is 10.9. The van der Waals surface area contributed by atoms with E-state index < -0.39 is 15.9 Å². The van der Waals surface area contributed by atoms with Crippen LogP contribution in [-0.4, -0.2) is 35.1 Å². The summed E-state index contributed by atoms with van der Waals surface area (Å²) in [6.45, 7) is 2.35. The fraction of sp³-hybridized carbons (Fsp3) is 0.316. The van der Waals surface area contributed by atoms with Crippen LogP contribution in [0.3, 0.4) is 0 Å². The normalized spacial score (nSPS) is 11.1. The second-order valence-electron chi connectivity index (χ2n) is 5.93. The van der Waals surface area contributed by atoms with Gasteiger partial charge in [-0.15, -0.1) is 0 Å². The third kappa shape index (κ3) is 5.46. The van der Waals surface area contributed by atoms with Gasteiger partial charge in [-0.3, -0.25) is 4.79 Å². The zero-order valence-electron chi connectivity index (χ0n) is 15.9. The van der Waals surface area contributed by atoms with Gasteiger partial charge in [-0.2, -0.15) is 0 Å². The van der Waals surface area contributed by atoms with Crippen molar-refractivity contribution < 1.29 is 22.7 Å². The maximum absolute atomic E-state index is 12.6. The van der Waals surface area contributed by atoms with Crippen LogP contribution in [0.1, 0.15) is 30.1 Å². The number of carbonyl (C=O) groups is 1. The summed E-state index contributed by atoms with van der Waals surface area (Å²) >= 11 is 3.35. The van der Waals surface area contributed by atoms with Gasteiger partial charge in [0, 0.05) is 17.8 Å². The summed E-state index contributed by atoms with van der Waals surface area (Å²) in [5.41, 5.74) is 0.676. The minimum absolute atomic E-state index is 0.0902. The highest BCUT2D eigenvalue weighted by Gasteiger charge is 2.17. The number of nitrogens with one attached hydrogen (secondary N) is 2. The van der Waals surface area contributed by atoms with Crippen LogP contribution in [-0.2, 0) is 10.0 Å². The minimum Gasteiger partial charge on any atom is -0.495 e. The van der Waals surface area contributed by atoms with Crippen molar-refractivity contribution in [1.29, 1.82) is 0 Å². The van der Waals surface area contributed by atoms with E-state index in [4.69, 9.17) is 9.47 Å². The van der Waals surface area contributed by atoms with E-state index in [2.05, 4.69) is 26.0 Å². The Labute approximate surface area is 173 Å². The van der Waals surface area contributed by atoms with E-state index in [-0.39, 0.29) is 4.90 Å². The van der Waals surface area contributed by atoms with Gasteiger partial charge in [0.15, 0.2) is 0 Å². The summed E-state index contributed by atoms with van der Waals surface area (Å²) in [5, 5.41) is 2.70. The summed E-state index contributed by atoms with van der Waals surface area (Å²) in [5.74, 6) is 0.472. The lowest BCUT2D eigenvalue weighted by molar-refractivity contribution is 0.102. The number of hydrogen-bond acceptors (Lipinski definition) is 5. The molecule has 0 radical (unpaired) electrons. The fourth-order valence-electron chi connectivity index (χ4n) is 2.41. The van der Waals surface area contributed by atoms with Crippen LogP contribution in [0.2, 0.25) is 0 Å². The summed E-state index contributed by atoms with van der Waals surface area (Å²) in [6, 6.07) is 9.22. The molecule has 152 valence electrons. The van der Waals surface area contributed by atoms with Crippen molar-refractivity contribution in [3.63, 3.8) is 0 Å². The molecule has 0 heterocycles. The predicted octanol–water partition coefficient (Wildman–Crippen LogP) is 3.80. The summed E-state index contributed by atoms with van der Waals surface area (Å²) < 4.78 is 38.3. The Morgan fingerprint density at radius 3 is 2.32 bits per heavy atom. The number of methoxy groups -OCH3 is 2. The molecule has 2 aromatic rings. The highest BCUT2D eigenvalue weighted by atomic mass is 79.9. The fourth-order valence-corrected chi connectivity index (χ4v) is 4.08. The molecule has 0 unspecified atom stereocenters. The second-order valence-corrected chi connectivity index (χ2v) is 8.49. The third-order valence-electron chi connectivity index (χ3n) is 3.93. The molecular weight excluding hydrogens is 448 g/mol. The van der Waals surface area contributed by atoms with E-state index in [1.807, 2.05) is 6.92 Å². The van der Waals surface area contributed by atoms with Crippen molar-refractivity contribution in [2.45, 2.75) is 24.7 Å². The molecule has 0 bridgehead atoms. The molecule has 28 heavy (non-hydrogen) atoms. The molecule has 9 heteroatoms. The molecule has 0 atom stereocenters. The monoisotopic (exact) mass is 470 g/mol. The zero-order valence-corrected chi connectivity index (χ0v) is 18.3. The second kappa shape index (κ2) is 9.90. The number of anilines is 1. The summed E-state index contributed by atoms with van der Waals surface area (Å²) in [4.78, 5) is 12.7. The van der Waals surface area contributed by atoms with Crippen LogP contribution in [0.5, 0.6) is 11.5 Å². The number of ether oxygens (including phenoxy) is 2. The maximum Gasteiger partial charge on any atom is 0.255 e. The number of hydrogen-bond donors (Lipinski definition) is 2. The number of halogens is 1. The molecule has 7 nitrogen and oxygen atoms in total. The Morgan fingerprint density at radius 1 is 1.11 bits per heavy atom. The van der Waals surface area contributed by atoms with E-state index in [0.717, 1.165) is 12.8 Å². The van der Waals surface area contributed by atoms with Crippen molar-refractivity contribution in [1.82, 2.24) is 4.72 Å². The maximum atomic E-state index is 12.6. The van der Waals surface area contributed by atoms with Crippen molar-refractivity contribution in [2.24, 2.45) is 0 Å². The number of benzene rings is 2. The van der Waals surface area contributed by atoms with E-state index in [9.17, 15) is 13.2 Å². The Morgan fingerprint density at radius 2 is 1.75 bits per heavy atom.